The van der Waals surface area contributed by atoms with Gasteiger partial charge >= 0.3 is 0 Å². The van der Waals surface area contributed by atoms with Crippen LogP contribution in [-0.4, -0.2) is 31.4 Å². The van der Waals surface area contributed by atoms with Gasteiger partial charge in [0.05, 0.1) is 0 Å². The van der Waals surface area contributed by atoms with Crippen LogP contribution in [0, 0.1) is 17.8 Å². The van der Waals surface area contributed by atoms with Gasteiger partial charge in [-0.3, -0.25) is 4.79 Å². The molecule has 1 N–H and O–H groups in total. The van der Waals surface area contributed by atoms with E-state index in [1.807, 2.05) is 24.3 Å². The highest BCUT2D eigenvalue weighted by molar-refractivity contribution is 5.94. The molecule has 2 aliphatic carbocycles. The molecule has 1 fully saturated rings. The first-order valence-electron chi connectivity index (χ1n) is 7.37. The molecule has 20 heavy (non-hydrogen) atoms. The van der Waals surface area contributed by atoms with E-state index in [9.17, 15) is 4.79 Å². The van der Waals surface area contributed by atoms with Gasteiger partial charge in [0.25, 0.3) is 5.91 Å². The van der Waals surface area contributed by atoms with Gasteiger partial charge in [-0.05, 0) is 48.8 Å². The van der Waals surface area contributed by atoms with Gasteiger partial charge in [-0.25, -0.2) is 0 Å². The Morgan fingerprint density at radius 3 is 2.80 bits per heavy atom. The molecule has 106 valence electrons. The van der Waals surface area contributed by atoms with Crippen molar-refractivity contribution in [3.8, 4) is 0 Å². The first-order chi connectivity index (χ1) is 9.63. The van der Waals surface area contributed by atoms with Crippen molar-refractivity contribution in [3.05, 3.63) is 42.0 Å². The molecule has 0 heterocycles. The fraction of sp³-hybridized carbons (Fsp3) is 0.471. The largest absolute Gasteiger partial charge is 0.385 e. The number of amides is 1. The van der Waals surface area contributed by atoms with Gasteiger partial charge in [0.2, 0.25) is 0 Å². The van der Waals surface area contributed by atoms with Crippen LogP contribution in [0.1, 0.15) is 23.2 Å². The maximum absolute atomic E-state index is 12.0. The maximum atomic E-state index is 12.0. The van der Waals surface area contributed by atoms with Crippen LogP contribution in [0.3, 0.4) is 0 Å². The minimum atomic E-state index is 0.0523. The minimum Gasteiger partial charge on any atom is -0.385 e. The molecule has 3 unspecified atom stereocenters. The predicted molar refractivity (Wildman–Crippen MR) is 81.8 cm³/mol. The van der Waals surface area contributed by atoms with E-state index < -0.39 is 0 Å². The summed E-state index contributed by atoms with van der Waals surface area (Å²) >= 11 is 0. The fourth-order valence-electron chi connectivity index (χ4n) is 3.40. The molecule has 0 aliphatic heterocycles. The lowest BCUT2D eigenvalue weighted by Crippen LogP contribution is -2.22. The van der Waals surface area contributed by atoms with Crippen LogP contribution in [0.5, 0.6) is 0 Å². The van der Waals surface area contributed by atoms with Crippen molar-refractivity contribution in [3.63, 3.8) is 0 Å². The number of hydrogen-bond acceptors (Lipinski definition) is 2. The number of nitrogens with zero attached hydrogens (tertiary/aromatic N) is 1. The molecule has 1 aromatic carbocycles. The molecule has 0 spiro atoms. The zero-order valence-electron chi connectivity index (χ0n) is 12.2. The Hall–Kier alpha value is -1.77. The van der Waals surface area contributed by atoms with Crippen LogP contribution in [0.2, 0.25) is 0 Å². The smallest absolute Gasteiger partial charge is 0.253 e. The Kier molecular flexibility index (Phi) is 3.51. The Labute approximate surface area is 120 Å². The summed E-state index contributed by atoms with van der Waals surface area (Å²) in [6, 6.07) is 7.80. The number of anilines is 1. The summed E-state index contributed by atoms with van der Waals surface area (Å²) in [6.45, 7) is 1.01. The molecule has 1 saturated carbocycles. The highest BCUT2D eigenvalue weighted by Crippen LogP contribution is 2.43. The quantitative estimate of drug-likeness (QED) is 0.853. The highest BCUT2D eigenvalue weighted by atomic mass is 16.2. The number of nitrogens with one attached hydrogen (secondary N) is 1. The lowest BCUT2D eigenvalue weighted by molar-refractivity contribution is 0.0827. The molecular weight excluding hydrogens is 248 g/mol. The van der Waals surface area contributed by atoms with Gasteiger partial charge in [-0.1, -0.05) is 18.2 Å². The van der Waals surface area contributed by atoms with Crippen molar-refractivity contribution in [1.29, 1.82) is 0 Å². The van der Waals surface area contributed by atoms with Crippen LogP contribution in [0.25, 0.3) is 0 Å². The molecule has 2 aliphatic rings. The molecule has 3 rings (SSSR count). The number of rotatable bonds is 4. The van der Waals surface area contributed by atoms with Gasteiger partial charge in [0, 0.05) is 31.9 Å². The summed E-state index contributed by atoms with van der Waals surface area (Å²) in [5, 5.41) is 3.50. The highest BCUT2D eigenvalue weighted by Gasteiger charge is 2.35. The minimum absolute atomic E-state index is 0.0523. The topological polar surface area (TPSA) is 32.3 Å². The lowest BCUT2D eigenvalue weighted by atomic mass is 9.93. The SMILES string of the molecule is CN(C)C(=O)c1cccc(NCC2CC3C=CC2C3)c1. The number of benzene rings is 1. The van der Waals surface area contributed by atoms with Crippen LogP contribution < -0.4 is 5.32 Å². The van der Waals surface area contributed by atoms with E-state index in [1.165, 1.54) is 12.8 Å². The maximum Gasteiger partial charge on any atom is 0.253 e. The Morgan fingerprint density at radius 1 is 1.30 bits per heavy atom. The molecule has 0 aromatic heterocycles. The van der Waals surface area contributed by atoms with Gasteiger partial charge < -0.3 is 10.2 Å². The van der Waals surface area contributed by atoms with Crippen molar-refractivity contribution in [2.45, 2.75) is 12.8 Å². The van der Waals surface area contributed by atoms with E-state index in [0.29, 0.717) is 0 Å². The first kappa shape index (κ1) is 13.2. The third-order valence-electron chi connectivity index (χ3n) is 4.50. The number of fused-ring (bicyclic) bond motifs is 2. The van der Waals surface area contributed by atoms with Crippen LogP contribution in [0.4, 0.5) is 5.69 Å². The summed E-state index contributed by atoms with van der Waals surface area (Å²) in [5.41, 5.74) is 1.79. The summed E-state index contributed by atoms with van der Waals surface area (Å²) in [5.74, 6) is 2.38. The van der Waals surface area contributed by atoms with E-state index in [2.05, 4.69) is 17.5 Å². The van der Waals surface area contributed by atoms with Crippen molar-refractivity contribution >= 4 is 11.6 Å². The van der Waals surface area contributed by atoms with Crippen LogP contribution >= 0.6 is 0 Å². The molecule has 0 radical (unpaired) electrons. The summed E-state index contributed by atoms with van der Waals surface area (Å²) in [6.07, 6.45) is 7.40. The predicted octanol–water partition coefficient (Wildman–Crippen LogP) is 3.01. The van der Waals surface area contributed by atoms with Crippen LogP contribution in [0.15, 0.2) is 36.4 Å². The monoisotopic (exact) mass is 270 g/mol. The number of hydrogen-bond donors (Lipinski definition) is 1. The van der Waals surface area contributed by atoms with E-state index in [4.69, 9.17) is 0 Å². The number of carbonyl (C=O) groups excluding carboxylic acids is 1. The zero-order valence-corrected chi connectivity index (χ0v) is 12.2. The third-order valence-corrected chi connectivity index (χ3v) is 4.50. The first-order valence-corrected chi connectivity index (χ1v) is 7.37. The third kappa shape index (κ3) is 2.58. The molecule has 3 atom stereocenters. The number of carbonyl (C=O) groups is 1. The lowest BCUT2D eigenvalue weighted by Gasteiger charge is -2.19. The standard InChI is InChI=1S/C17H22N2O/c1-19(2)17(20)14-4-3-5-16(10-14)18-11-15-9-12-6-7-13(15)8-12/h3-7,10,12-13,15,18H,8-9,11H2,1-2H3. The molecule has 3 nitrogen and oxygen atoms in total. The van der Waals surface area contributed by atoms with Gasteiger partial charge in [0.15, 0.2) is 0 Å². The Bertz CT molecular complexity index is 536. The van der Waals surface area contributed by atoms with Crippen molar-refractivity contribution in [2.24, 2.45) is 17.8 Å². The van der Waals surface area contributed by atoms with Gasteiger partial charge in [0.1, 0.15) is 0 Å². The fourth-order valence-corrected chi connectivity index (χ4v) is 3.40. The Balaban J connectivity index is 1.62. The molecule has 1 amide bonds. The normalized spacial score (nSPS) is 26.8. The van der Waals surface area contributed by atoms with Gasteiger partial charge in [-0.2, -0.15) is 0 Å². The average Bonchev–Trinajstić information content (AvgIpc) is 3.07. The average molecular weight is 270 g/mol. The molecule has 3 heteroatoms. The second kappa shape index (κ2) is 5.31. The molecule has 0 saturated heterocycles. The molecular formula is C17H22N2O. The van der Waals surface area contributed by atoms with Crippen molar-refractivity contribution < 1.29 is 4.79 Å². The summed E-state index contributed by atoms with van der Waals surface area (Å²) in [7, 11) is 3.56. The molecule has 2 bridgehead atoms. The van der Waals surface area contributed by atoms with Crippen LogP contribution in [-0.2, 0) is 0 Å². The molecule has 1 aromatic rings. The number of allylic oxidation sites excluding steroid dienone is 2. The van der Waals surface area contributed by atoms with Crippen molar-refractivity contribution in [2.75, 3.05) is 26.0 Å². The summed E-state index contributed by atoms with van der Waals surface area (Å²) < 4.78 is 0. The summed E-state index contributed by atoms with van der Waals surface area (Å²) in [4.78, 5) is 13.6. The van der Waals surface area contributed by atoms with Gasteiger partial charge in [-0.15, -0.1) is 0 Å². The van der Waals surface area contributed by atoms with E-state index in [-0.39, 0.29) is 5.91 Å². The van der Waals surface area contributed by atoms with E-state index in [1.54, 1.807) is 19.0 Å². The second-order valence-electron chi connectivity index (χ2n) is 6.20. The van der Waals surface area contributed by atoms with Crippen molar-refractivity contribution in [1.82, 2.24) is 4.90 Å². The zero-order chi connectivity index (χ0) is 14.1. The Morgan fingerprint density at radius 2 is 2.15 bits per heavy atom. The second-order valence-corrected chi connectivity index (χ2v) is 6.20. The van der Waals surface area contributed by atoms with E-state index >= 15 is 0 Å². The van der Waals surface area contributed by atoms with E-state index in [0.717, 1.165) is 35.5 Å².